The molecule has 2 atom stereocenters. The van der Waals surface area contributed by atoms with E-state index in [2.05, 4.69) is 0 Å². The SMILES string of the molecule is O=C(c1ccc(C(=O)P2(=O)Oc3ccccc3-c3ccccc32)cc1)P1(=O)Oc2ccccc2-c2ccccc21. The summed E-state index contributed by atoms with van der Waals surface area (Å²) < 4.78 is 40.2. The Morgan fingerprint density at radius 3 is 1.15 bits per heavy atom. The predicted molar refractivity (Wildman–Crippen MR) is 155 cm³/mol. The van der Waals surface area contributed by atoms with Crippen LogP contribution in [0, 0.1) is 0 Å². The third-order valence-electron chi connectivity index (χ3n) is 7.16. The van der Waals surface area contributed by atoms with E-state index in [-0.39, 0.29) is 11.1 Å². The van der Waals surface area contributed by atoms with Gasteiger partial charge in [-0.25, -0.2) is 0 Å². The first-order chi connectivity index (χ1) is 19.4. The van der Waals surface area contributed by atoms with Gasteiger partial charge in [0.15, 0.2) is 0 Å². The van der Waals surface area contributed by atoms with Crippen molar-refractivity contribution < 1.29 is 27.8 Å². The van der Waals surface area contributed by atoms with E-state index in [1.54, 1.807) is 48.5 Å². The lowest BCUT2D eigenvalue weighted by Gasteiger charge is -2.28. The van der Waals surface area contributed by atoms with Gasteiger partial charge in [0.1, 0.15) is 11.5 Å². The van der Waals surface area contributed by atoms with E-state index < -0.39 is 25.8 Å². The first kappa shape index (κ1) is 24.5. The van der Waals surface area contributed by atoms with E-state index in [0.29, 0.717) is 33.2 Å². The van der Waals surface area contributed by atoms with Crippen LogP contribution in [-0.2, 0) is 9.13 Å². The van der Waals surface area contributed by atoms with Crippen LogP contribution in [0.3, 0.4) is 0 Å². The maximum Gasteiger partial charge on any atom is 0.347 e. The van der Waals surface area contributed by atoms with Crippen LogP contribution in [0.15, 0.2) is 121 Å². The van der Waals surface area contributed by atoms with Gasteiger partial charge in [-0.05, 0) is 35.4 Å². The number of hydrogen-bond donors (Lipinski definition) is 0. The fourth-order valence-electron chi connectivity index (χ4n) is 5.23. The molecular weight excluding hydrogens is 542 g/mol. The van der Waals surface area contributed by atoms with Crippen LogP contribution in [0.5, 0.6) is 11.5 Å². The highest BCUT2D eigenvalue weighted by Gasteiger charge is 2.45. The lowest BCUT2D eigenvalue weighted by Crippen LogP contribution is -2.24. The van der Waals surface area contributed by atoms with Crippen molar-refractivity contribution in [1.82, 2.24) is 0 Å². The summed E-state index contributed by atoms with van der Waals surface area (Å²) in [6.45, 7) is 0. The lowest BCUT2D eigenvalue weighted by molar-refractivity contribution is 0.105. The minimum Gasteiger partial charge on any atom is -0.434 e. The fourth-order valence-corrected chi connectivity index (χ4v) is 9.47. The van der Waals surface area contributed by atoms with Gasteiger partial charge >= 0.3 is 14.7 Å². The first-order valence-corrected chi connectivity index (χ1v) is 15.8. The van der Waals surface area contributed by atoms with Gasteiger partial charge in [0.25, 0.3) is 11.0 Å². The summed E-state index contributed by atoms with van der Waals surface area (Å²) in [7, 11) is -8.02. The molecule has 7 rings (SSSR count). The molecule has 5 aromatic rings. The molecule has 2 aliphatic heterocycles. The molecule has 2 aliphatic rings. The topological polar surface area (TPSA) is 86.7 Å². The summed E-state index contributed by atoms with van der Waals surface area (Å²) in [4.78, 5) is 27.4. The molecule has 0 saturated carbocycles. The summed E-state index contributed by atoms with van der Waals surface area (Å²) in [6.07, 6.45) is 0. The van der Waals surface area contributed by atoms with Crippen molar-refractivity contribution in [3.8, 4) is 33.8 Å². The Balaban J connectivity index is 1.24. The maximum absolute atomic E-state index is 14.2. The molecule has 8 heteroatoms. The smallest absolute Gasteiger partial charge is 0.347 e. The van der Waals surface area contributed by atoms with E-state index in [4.69, 9.17) is 9.05 Å². The average molecular weight is 562 g/mol. The first-order valence-electron chi connectivity index (χ1n) is 12.6. The van der Waals surface area contributed by atoms with E-state index >= 15 is 0 Å². The highest BCUT2D eigenvalue weighted by atomic mass is 31.2. The molecule has 0 fully saturated rings. The van der Waals surface area contributed by atoms with Crippen LogP contribution < -0.4 is 19.7 Å². The van der Waals surface area contributed by atoms with Gasteiger partial charge in [-0.2, -0.15) is 0 Å². The minimum atomic E-state index is -4.01. The van der Waals surface area contributed by atoms with E-state index in [0.717, 1.165) is 11.1 Å². The van der Waals surface area contributed by atoms with E-state index in [9.17, 15) is 18.7 Å². The average Bonchev–Trinajstić information content (AvgIpc) is 3.01. The molecule has 0 saturated heterocycles. The van der Waals surface area contributed by atoms with Crippen molar-refractivity contribution in [2.24, 2.45) is 0 Å². The Bertz CT molecular complexity index is 1820. The van der Waals surface area contributed by atoms with Gasteiger partial charge in [0, 0.05) is 22.3 Å². The zero-order valence-electron chi connectivity index (χ0n) is 20.9. The Kier molecular flexibility index (Phi) is 5.54. The zero-order valence-corrected chi connectivity index (χ0v) is 22.7. The van der Waals surface area contributed by atoms with E-state index in [1.165, 1.54) is 24.3 Å². The molecule has 40 heavy (non-hydrogen) atoms. The van der Waals surface area contributed by atoms with Crippen molar-refractivity contribution in [3.05, 3.63) is 132 Å². The molecule has 5 aromatic carbocycles. The number of carbonyl (C=O) groups excluding carboxylic acids is 2. The Morgan fingerprint density at radius 2 is 0.750 bits per heavy atom. The largest absolute Gasteiger partial charge is 0.434 e. The Morgan fingerprint density at radius 1 is 0.425 bits per heavy atom. The predicted octanol–water partition coefficient (Wildman–Crippen LogP) is 7.29. The highest BCUT2D eigenvalue weighted by Crippen LogP contribution is 2.58. The number of fused-ring (bicyclic) bond motifs is 6. The normalized spacial score (nSPS) is 20.0. The van der Waals surface area contributed by atoms with Crippen LogP contribution >= 0.6 is 14.7 Å². The molecule has 0 amide bonds. The third-order valence-corrected chi connectivity index (χ3v) is 11.7. The lowest BCUT2D eigenvalue weighted by atomic mass is 10.0. The molecular formula is C32H20O6P2. The number of hydrogen-bond acceptors (Lipinski definition) is 6. The van der Waals surface area contributed by atoms with Crippen molar-refractivity contribution in [2.75, 3.05) is 0 Å². The summed E-state index contributed by atoms with van der Waals surface area (Å²) in [5.41, 5.74) is 1.74. The number of para-hydroxylation sites is 2. The van der Waals surface area contributed by atoms with Crippen molar-refractivity contribution >= 4 is 36.4 Å². The second kappa shape index (κ2) is 9.02. The number of rotatable bonds is 4. The molecule has 194 valence electrons. The monoisotopic (exact) mass is 562 g/mol. The molecule has 0 bridgehead atoms. The van der Waals surface area contributed by atoms with Crippen LogP contribution in [-0.4, -0.2) is 11.0 Å². The maximum atomic E-state index is 14.2. The highest BCUT2D eigenvalue weighted by molar-refractivity contribution is 7.84. The van der Waals surface area contributed by atoms with Crippen LogP contribution in [0.25, 0.3) is 22.3 Å². The van der Waals surface area contributed by atoms with Crippen molar-refractivity contribution in [2.45, 2.75) is 0 Å². The summed E-state index contributed by atoms with van der Waals surface area (Å²) >= 11 is 0. The van der Waals surface area contributed by atoms with E-state index in [1.807, 2.05) is 48.5 Å². The molecule has 2 heterocycles. The molecule has 0 radical (unpaired) electrons. The zero-order chi connectivity index (χ0) is 27.5. The Hall–Kier alpha value is -4.50. The molecule has 0 N–H and O–H groups in total. The van der Waals surface area contributed by atoms with Gasteiger partial charge < -0.3 is 9.05 Å². The fraction of sp³-hybridized carbons (Fsp3) is 0. The van der Waals surface area contributed by atoms with Crippen LogP contribution in [0.1, 0.15) is 20.7 Å². The molecule has 6 nitrogen and oxygen atoms in total. The molecule has 0 aliphatic carbocycles. The van der Waals surface area contributed by atoms with Gasteiger partial charge in [0.05, 0.1) is 10.6 Å². The second-order valence-corrected chi connectivity index (χ2v) is 13.8. The summed E-state index contributed by atoms with van der Waals surface area (Å²) in [6, 6.07) is 34.0. The Labute approximate surface area is 230 Å². The van der Waals surface area contributed by atoms with Crippen LogP contribution in [0.2, 0.25) is 0 Å². The second-order valence-electron chi connectivity index (χ2n) is 9.50. The molecule has 2 unspecified atom stereocenters. The van der Waals surface area contributed by atoms with Crippen LogP contribution in [0.4, 0.5) is 0 Å². The van der Waals surface area contributed by atoms with Crippen molar-refractivity contribution in [1.29, 1.82) is 0 Å². The third kappa shape index (κ3) is 3.57. The van der Waals surface area contributed by atoms with Crippen molar-refractivity contribution in [3.63, 3.8) is 0 Å². The van der Waals surface area contributed by atoms with Gasteiger partial charge in [-0.1, -0.05) is 97.1 Å². The summed E-state index contributed by atoms with van der Waals surface area (Å²) in [5, 5.41) is 0.656. The van der Waals surface area contributed by atoms with Gasteiger partial charge in [-0.15, -0.1) is 0 Å². The summed E-state index contributed by atoms with van der Waals surface area (Å²) in [5.74, 6) is 0.743. The quantitative estimate of drug-likeness (QED) is 0.214. The minimum absolute atomic E-state index is 0.114. The number of benzene rings is 5. The molecule has 0 aromatic heterocycles. The van der Waals surface area contributed by atoms with Gasteiger partial charge in [-0.3, -0.25) is 18.7 Å². The molecule has 0 spiro atoms. The standard InChI is InChI=1S/C32H20O6P2/c33-31(39(35)29-15-7-3-11-25(29)23-9-1-5-13-27(23)37-39)21-17-19-22(20-18-21)32(34)40(36)30-16-8-4-12-26(30)24-10-2-6-14-28(24)38-40/h1-20H. The van der Waals surface area contributed by atoms with Gasteiger partial charge in [0.2, 0.25) is 0 Å². The number of carbonyl (C=O) groups is 2.